The second-order valence-corrected chi connectivity index (χ2v) is 6.10. The van der Waals surface area contributed by atoms with Crippen molar-refractivity contribution < 1.29 is 29.0 Å². The fraction of sp³-hybridized carbons (Fsp3) is 0.692. The molecule has 8 heteroatoms. The molecule has 1 amide bonds. The van der Waals surface area contributed by atoms with Crippen molar-refractivity contribution >= 4 is 23.6 Å². The number of nitrogens with two attached hydrogens (primary N) is 1. The molecule has 1 aliphatic heterocycles. The van der Waals surface area contributed by atoms with Gasteiger partial charge in [-0.05, 0) is 27.7 Å². The molecule has 1 fully saturated rings. The second-order valence-electron chi connectivity index (χ2n) is 6.10. The molecule has 0 aliphatic carbocycles. The van der Waals surface area contributed by atoms with Crippen molar-refractivity contribution in [1.82, 2.24) is 4.90 Å². The van der Waals surface area contributed by atoms with Crippen LogP contribution in [0, 0.1) is 0 Å². The largest absolute Gasteiger partial charge is 0.479 e. The molecule has 1 saturated heterocycles. The summed E-state index contributed by atoms with van der Waals surface area (Å²) in [5.74, 6) is -4.05. The van der Waals surface area contributed by atoms with Crippen LogP contribution < -0.4 is 5.73 Å². The third-order valence-corrected chi connectivity index (χ3v) is 2.99. The molecular formula is C13H20N2O6. The van der Waals surface area contributed by atoms with E-state index in [2.05, 4.69) is 0 Å². The number of hydrogen-bond acceptors (Lipinski definition) is 6. The minimum absolute atomic E-state index is 0.466. The summed E-state index contributed by atoms with van der Waals surface area (Å²) in [6.07, 6.45) is -0.615. The van der Waals surface area contributed by atoms with E-state index >= 15 is 0 Å². The van der Waals surface area contributed by atoms with Crippen LogP contribution in [0.5, 0.6) is 0 Å². The minimum atomic E-state index is -2.34. The Morgan fingerprint density at radius 1 is 1.38 bits per heavy atom. The molecule has 1 heterocycles. The van der Waals surface area contributed by atoms with E-state index in [1.165, 1.54) is 6.92 Å². The summed E-state index contributed by atoms with van der Waals surface area (Å²) in [6.45, 7) is 5.58. The quantitative estimate of drug-likeness (QED) is 0.521. The van der Waals surface area contributed by atoms with Crippen LogP contribution in [-0.2, 0) is 23.9 Å². The Hall–Kier alpha value is -1.96. The number of carbonyl (C=O) groups is 4. The van der Waals surface area contributed by atoms with Crippen molar-refractivity contribution in [1.29, 1.82) is 0 Å². The number of carbonyl (C=O) groups excluding carboxylic acids is 3. The molecule has 1 aliphatic rings. The molecule has 0 aromatic rings. The summed E-state index contributed by atoms with van der Waals surface area (Å²) >= 11 is 0. The predicted octanol–water partition coefficient (Wildman–Crippen LogP) is -0.700. The zero-order chi connectivity index (χ0) is 16.6. The van der Waals surface area contributed by atoms with Crippen molar-refractivity contribution in [2.24, 2.45) is 5.73 Å². The van der Waals surface area contributed by atoms with Gasteiger partial charge in [0.2, 0.25) is 11.4 Å². The molecule has 1 rings (SSSR count). The first kappa shape index (κ1) is 17.1. The van der Waals surface area contributed by atoms with Gasteiger partial charge in [0.15, 0.2) is 5.78 Å². The summed E-state index contributed by atoms with van der Waals surface area (Å²) in [7, 11) is 0. The average Bonchev–Trinajstić information content (AvgIpc) is 2.64. The third-order valence-electron chi connectivity index (χ3n) is 2.99. The van der Waals surface area contributed by atoms with E-state index in [1.807, 2.05) is 0 Å². The average molecular weight is 300 g/mol. The number of hydrogen-bond donors (Lipinski definition) is 2. The molecule has 3 N–H and O–H groups in total. The van der Waals surface area contributed by atoms with Crippen LogP contribution in [0.3, 0.4) is 0 Å². The Kier molecular flexibility index (Phi) is 4.43. The molecule has 0 aromatic heterocycles. The van der Waals surface area contributed by atoms with Gasteiger partial charge in [-0.1, -0.05) is 0 Å². The van der Waals surface area contributed by atoms with Gasteiger partial charge >= 0.3 is 11.9 Å². The Balaban J connectivity index is 3.30. The van der Waals surface area contributed by atoms with E-state index in [0.29, 0.717) is 4.90 Å². The van der Waals surface area contributed by atoms with Crippen molar-refractivity contribution in [2.75, 3.05) is 6.54 Å². The van der Waals surface area contributed by atoms with E-state index < -0.39 is 53.8 Å². The fourth-order valence-electron chi connectivity index (χ4n) is 2.08. The van der Waals surface area contributed by atoms with Crippen molar-refractivity contribution in [3.63, 3.8) is 0 Å². The smallest absolute Gasteiger partial charge is 0.344 e. The van der Waals surface area contributed by atoms with Crippen LogP contribution in [0.25, 0.3) is 0 Å². The number of nitrogens with zero attached hydrogens (tertiary/aromatic N) is 1. The molecule has 0 spiro atoms. The lowest BCUT2D eigenvalue weighted by Gasteiger charge is -2.34. The van der Waals surface area contributed by atoms with Gasteiger partial charge in [-0.3, -0.25) is 9.59 Å². The first-order chi connectivity index (χ1) is 9.41. The standard InChI is InChI=1S/C13H20N2O6/c1-7(14)9(17)15-6-8(16)5-13(15,10(18)19)11(20)21-12(2,3)4/h7H,5-6,14H2,1-4H3,(H,18,19)/t7-,13-/m0/s1. The maximum absolute atomic E-state index is 12.3. The Morgan fingerprint density at radius 2 is 1.90 bits per heavy atom. The normalized spacial score (nSPS) is 23.9. The summed E-state index contributed by atoms with van der Waals surface area (Å²) in [4.78, 5) is 48.4. The molecular weight excluding hydrogens is 280 g/mol. The first-order valence-corrected chi connectivity index (χ1v) is 6.47. The van der Waals surface area contributed by atoms with Crippen LogP contribution in [0.15, 0.2) is 0 Å². The zero-order valence-corrected chi connectivity index (χ0v) is 12.5. The predicted molar refractivity (Wildman–Crippen MR) is 71.2 cm³/mol. The number of ether oxygens (including phenoxy) is 1. The Bertz CT molecular complexity index is 493. The summed E-state index contributed by atoms with van der Waals surface area (Å²) < 4.78 is 5.09. The van der Waals surface area contributed by atoms with Crippen LogP contribution in [-0.4, -0.2) is 57.4 Å². The lowest BCUT2D eigenvalue weighted by atomic mass is 9.95. The maximum Gasteiger partial charge on any atom is 0.344 e. The van der Waals surface area contributed by atoms with Crippen molar-refractivity contribution in [2.45, 2.75) is 51.3 Å². The van der Waals surface area contributed by atoms with Gasteiger partial charge in [-0.15, -0.1) is 0 Å². The van der Waals surface area contributed by atoms with Crippen LogP contribution in [0.2, 0.25) is 0 Å². The summed E-state index contributed by atoms with van der Waals surface area (Å²) in [5.41, 5.74) is 2.17. The number of aliphatic carboxylic acids is 1. The van der Waals surface area contributed by atoms with E-state index in [0.717, 1.165) is 0 Å². The van der Waals surface area contributed by atoms with Gasteiger partial charge in [0.1, 0.15) is 5.60 Å². The number of Topliss-reactive ketones (excluding diaryl/α,β-unsaturated/α-hetero) is 1. The van der Waals surface area contributed by atoms with Gasteiger partial charge in [-0.25, -0.2) is 9.59 Å². The SMILES string of the molecule is C[C@H](N)C(=O)N1CC(=O)C[C@]1(C(=O)O)C(=O)OC(C)(C)C. The monoisotopic (exact) mass is 300 g/mol. The lowest BCUT2D eigenvalue weighted by Crippen LogP contribution is -2.62. The topological polar surface area (TPSA) is 127 Å². The molecule has 0 radical (unpaired) electrons. The van der Waals surface area contributed by atoms with Gasteiger partial charge in [0.05, 0.1) is 19.0 Å². The van der Waals surface area contributed by atoms with Gasteiger partial charge in [0, 0.05) is 0 Å². The molecule has 8 nitrogen and oxygen atoms in total. The van der Waals surface area contributed by atoms with E-state index in [-0.39, 0.29) is 0 Å². The number of esters is 1. The van der Waals surface area contributed by atoms with E-state index in [1.54, 1.807) is 20.8 Å². The van der Waals surface area contributed by atoms with Crippen LogP contribution >= 0.6 is 0 Å². The number of carboxylic acid groups (broad SMARTS) is 1. The van der Waals surface area contributed by atoms with Crippen LogP contribution in [0.4, 0.5) is 0 Å². The number of rotatable bonds is 3. The highest BCUT2D eigenvalue weighted by atomic mass is 16.6. The Labute approximate surface area is 122 Å². The molecule has 0 aromatic carbocycles. The highest BCUT2D eigenvalue weighted by Gasteiger charge is 2.61. The molecule has 118 valence electrons. The summed E-state index contributed by atoms with van der Waals surface area (Å²) in [6, 6.07) is -1.03. The maximum atomic E-state index is 12.3. The van der Waals surface area contributed by atoms with Gasteiger partial charge in [-0.2, -0.15) is 0 Å². The molecule has 2 atom stereocenters. The van der Waals surface area contributed by atoms with Crippen molar-refractivity contribution in [3.8, 4) is 0 Å². The number of amides is 1. The van der Waals surface area contributed by atoms with Crippen LogP contribution in [0.1, 0.15) is 34.1 Å². The van der Waals surface area contributed by atoms with Crippen molar-refractivity contribution in [3.05, 3.63) is 0 Å². The number of carboxylic acids is 1. The third kappa shape index (κ3) is 3.21. The van der Waals surface area contributed by atoms with Gasteiger partial charge < -0.3 is 20.5 Å². The van der Waals surface area contributed by atoms with E-state index in [4.69, 9.17) is 10.5 Å². The minimum Gasteiger partial charge on any atom is -0.479 e. The highest BCUT2D eigenvalue weighted by Crippen LogP contribution is 2.31. The second kappa shape index (κ2) is 5.44. The Morgan fingerprint density at radius 3 is 2.29 bits per heavy atom. The van der Waals surface area contributed by atoms with E-state index in [9.17, 15) is 24.3 Å². The fourth-order valence-corrected chi connectivity index (χ4v) is 2.08. The molecule has 0 bridgehead atoms. The molecule has 0 unspecified atom stereocenters. The highest BCUT2D eigenvalue weighted by molar-refractivity contribution is 6.14. The zero-order valence-electron chi connectivity index (χ0n) is 12.5. The molecule has 0 saturated carbocycles. The van der Waals surface area contributed by atoms with Gasteiger partial charge in [0.25, 0.3) is 0 Å². The lowest BCUT2D eigenvalue weighted by molar-refractivity contribution is -0.180. The number of likely N-dealkylation sites (tertiary alicyclic amines) is 1. The molecule has 21 heavy (non-hydrogen) atoms. The number of ketones is 1. The summed E-state index contributed by atoms with van der Waals surface area (Å²) in [5, 5.41) is 9.46. The first-order valence-electron chi connectivity index (χ1n) is 6.47.